The van der Waals surface area contributed by atoms with Crippen molar-refractivity contribution in [2.24, 2.45) is 0 Å². The van der Waals surface area contributed by atoms with Gasteiger partial charge in [0.05, 0.1) is 19.3 Å². The summed E-state index contributed by atoms with van der Waals surface area (Å²) < 4.78 is 17.7. The fraction of sp³-hybridized carbons (Fsp3) is 0.440. The van der Waals surface area contributed by atoms with Crippen LogP contribution in [0.2, 0.25) is 5.02 Å². The maximum absolute atomic E-state index is 10.6. The van der Waals surface area contributed by atoms with E-state index in [0.29, 0.717) is 23.6 Å². The summed E-state index contributed by atoms with van der Waals surface area (Å²) in [6.45, 7) is 4.03. The molecule has 3 N–H and O–H groups in total. The van der Waals surface area contributed by atoms with E-state index in [2.05, 4.69) is 11.8 Å². The molecule has 2 aliphatic heterocycles. The number of aliphatic hydroxyl groups is 3. The molecule has 2 fully saturated rings. The highest BCUT2D eigenvalue weighted by atomic mass is 35.5. The minimum Gasteiger partial charge on any atom is -0.494 e. The Morgan fingerprint density at radius 3 is 2.66 bits per heavy atom. The normalized spacial score (nSPS) is 29.8. The molecule has 32 heavy (non-hydrogen) atoms. The number of aliphatic hydroxyl groups excluding tert-OH is 3. The lowest BCUT2D eigenvalue weighted by Crippen LogP contribution is -2.62. The molecule has 2 aromatic rings. The lowest BCUT2D eigenvalue weighted by Gasteiger charge is -2.44. The van der Waals surface area contributed by atoms with Crippen LogP contribution in [0, 0.1) is 11.8 Å². The van der Waals surface area contributed by atoms with Gasteiger partial charge in [-0.05, 0) is 55.7 Å². The highest BCUT2D eigenvalue weighted by Crippen LogP contribution is 2.51. The van der Waals surface area contributed by atoms with Gasteiger partial charge < -0.3 is 29.5 Å². The highest BCUT2D eigenvalue weighted by molar-refractivity contribution is 6.31. The largest absolute Gasteiger partial charge is 0.494 e. The van der Waals surface area contributed by atoms with E-state index < -0.39 is 29.7 Å². The van der Waals surface area contributed by atoms with Gasteiger partial charge in [-0.15, -0.1) is 5.92 Å². The van der Waals surface area contributed by atoms with E-state index in [1.165, 1.54) is 0 Å². The summed E-state index contributed by atoms with van der Waals surface area (Å²) in [5, 5.41) is 32.4. The van der Waals surface area contributed by atoms with Crippen molar-refractivity contribution in [1.29, 1.82) is 0 Å². The molecular weight excluding hydrogens is 432 g/mol. The van der Waals surface area contributed by atoms with Crippen molar-refractivity contribution in [3.05, 3.63) is 64.2 Å². The monoisotopic (exact) mass is 458 g/mol. The van der Waals surface area contributed by atoms with Crippen molar-refractivity contribution >= 4 is 11.6 Å². The Kier molecular flexibility index (Phi) is 6.51. The first-order valence-corrected chi connectivity index (χ1v) is 11.0. The predicted molar refractivity (Wildman–Crippen MR) is 119 cm³/mol. The van der Waals surface area contributed by atoms with Crippen LogP contribution in [0.3, 0.4) is 0 Å². The minimum atomic E-state index is -1.53. The molecule has 2 bridgehead atoms. The smallest absolute Gasteiger partial charge is 0.198 e. The molecule has 2 aromatic carbocycles. The zero-order chi connectivity index (χ0) is 22.9. The standard InChI is InChI=1S/C25H27ClO6/c1-3-5-22(28)24-15-31-25(32-24,14-21(27)23(24)29)18-8-11-20(26)17(13-18)12-16-6-9-19(10-7-16)30-4-2/h6-11,13,21-23,27-29H,4,12,14-15H2,1-2H3/t21?,22?,23-,24+,25+/m0/s1. The summed E-state index contributed by atoms with van der Waals surface area (Å²) in [5.41, 5.74) is 1.05. The quantitative estimate of drug-likeness (QED) is 0.577. The number of rotatable bonds is 6. The van der Waals surface area contributed by atoms with E-state index >= 15 is 0 Å². The maximum Gasteiger partial charge on any atom is 0.198 e. The average Bonchev–Trinajstić information content (AvgIpc) is 3.13. The summed E-state index contributed by atoms with van der Waals surface area (Å²) in [7, 11) is 0. The lowest BCUT2D eigenvalue weighted by molar-refractivity contribution is -0.288. The van der Waals surface area contributed by atoms with Gasteiger partial charge in [-0.1, -0.05) is 35.7 Å². The van der Waals surface area contributed by atoms with Crippen molar-refractivity contribution in [1.82, 2.24) is 0 Å². The van der Waals surface area contributed by atoms with Crippen LogP contribution in [0.1, 0.15) is 37.0 Å². The number of ether oxygens (including phenoxy) is 3. The van der Waals surface area contributed by atoms with Gasteiger partial charge in [-0.3, -0.25) is 0 Å². The van der Waals surface area contributed by atoms with E-state index in [9.17, 15) is 15.3 Å². The van der Waals surface area contributed by atoms with Crippen molar-refractivity contribution < 1.29 is 29.5 Å². The Morgan fingerprint density at radius 2 is 1.97 bits per heavy atom. The van der Waals surface area contributed by atoms with Crippen LogP contribution >= 0.6 is 11.6 Å². The average molecular weight is 459 g/mol. The molecule has 170 valence electrons. The van der Waals surface area contributed by atoms with Crippen LogP contribution in [0.5, 0.6) is 5.75 Å². The van der Waals surface area contributed by atoms with Gasteiger partial charge >= 0.3 is 0 Å². The highest BCUT2D eigenvalue weighted by Gasteiger charge is 2.65. The summed E-state index contributed by atoms with van der Waals surface area (Å²) >= 11 is 6.48. The Hall–Kier alpha value is -2.11. The van der Waals surface area contributed by atoms with Crippen molar-refractivity contribution in [3.63, 3.8) is 0 Å². The van der Waals surface area contributed by atoms with E-state index in [1.54, 1.807) is 19.1 Å². The second-order valence-electron chi connectivity index (χ2n) is 8.17. The van der Waals surface area contributed by atoms with E-state index in [1.807, 2.05) is 37.3 Å². The van der Waals surface area contributed by atoms with Gasteiger partial charge in [0.2, 0.25) is 0 Å². The molecule has 2 saturated heterocycles. The molecule has 2 unspecified atom stereocenters. The topological polar surface area (TPSA) is 88.4 Å². The third kappa shape index (κ3) is 4.01. The number of halogens is 1. The van der Waals surface area contributed by atoms with Gasteiger partial charge in [-0.25, -0.2) is 0 Å². The Balaban J connectivity index is 1.64. The number of hydrogen-bond acceptors (Lipinski definition) is 6. The molecule has 2 heterocycles. The summed E-state index contributed by atoms with van der Waals surface area (Å²) in [4.78, 5) is 0. The SMILES string of the molecule is CC#CC(O)[C@]12CO[C@](c3ccc(Cl)c(Cc4ccc(OCC)cc4)c3)(CC(O)[C@@H]1O)O2. The molecule has 6 nitrogen and oxygen atoms in total. The Labute approximate surface area is 192 Å². The van der Waals surface area contributed by atoms with E-state index in [-0.39, 0.29) is 13.0 Å². The van der Waals surface area contributed by atoms with Crippen molar-refractivity contribution in [2.75, 3.05) is 13.2 Å². The molecule has 0 saturated carbocycles. The number of fused-ring (bicyclic) bond motifs is 2. The van der Waals surface area contributed by atoms with Crippen LogP contribution in [-0.2, 0) is 21.7 Å². The third-order valence-electron chi connectivity index (χ3n) is 6.09. The van der Waals surface area contributed by atoms with Crippen LogP contribution in [-0.4, -0.2) is 52.4 Å². The van der Waals surface area contributed by atoms with Gasteiger partial charge in [-0.2, -0.15) is 0 Å². The predicted octanol–water partition coefficient (Wildman–Crippen LogP) is 2.78. The van der Waals surface area contributed by atoms with Crippen LogP contribution in [0.25, 0.3) is 0 Å². The van der Waals surface area contributed by atoms with E-state index in [4.69, 9.17) is 25.8 Å². The molecular formula is C25H27ClO6. The molecule has 0 aliphatic carbocycles. The van der Waals surface area contributed by atoms with Crippen LogP contribution in [0.15, 0.2) is 42.5 Å². The molecule has 7 heteroatoms. The number of benzene rings is 2. The zero-order valence-electron chi connectivity index (χ0n) is 18.0. The number of hydrogen-bond donors (Lipinski definition) is 3. The third-order valence-corrected chi connectivity index (χ3v) is 6.46. The molecule has 0 spiro atoms. The van der Waals surface area contributed by atoms with Gasteiger partial charge in [0.25, 0.3) is 0 Å². The van der Waals surface area contributed by atoms with Gasteiger partial charge in [0.1, 0.15) is 18.0 Å². The zero-order valence-corrected chi connectivity index (χ0v) is 18.8. The van der Waals surface area contributed by atoms with Gasteiger partial charge in [0.15, 0.2) is 11.4 Å². The first-order chi connectivity index (χ1) is 15.3. The minimum absolute atomic E-state index is 0.0202. The second-order valence-corrected chi connectivity index (χ2v) is 8.58. The molecule has 0 aromatic heterocycles. The van der Waals surface area contributed by atoms with Gasteiger partial charge in [0, 0.05) is 17.0 Å². The summed E-state index contributed by atoms with van der Waals surface area (Å²) in [5.74, 6) is 4.74. The molecule has 5 atom stereocenters. The summed E-state index contributed by atoms with van der Waals surface area (Å²) in [6.07, 6.45) is -3.19. The molecule has 2 aliphatic rings. The van der Waals surface area contributed by atoms with Crippen molar-refractivity contribution in [3.8, 4) is 17.6 Å². The first kappa shape index (κ1) is 23.1. The molecule has 0 amide bonds. The first-order valence-electron chi connectivity index (χ1n) is 10.6. The molecule has 0 radical (unpaired) electrons. The Morgan fingerprint density at radius 1 is 1.22 bits per heavy atom. The molecule has 4 rings (SSSR count). The van der Waals surface area contributed by atoms with Crippen LogP contribution in [0.4, 0.5) is 0 Å². The maximum atomic E-state index is 10.6. The Bertz CT molecular complexity index is 1030. The second kappa shape index (κ2) is 9.03. The fourth-order valence-electron chi connectivity index (χ4n) is 4.41. The van der Waals surface area contributed by atoms with Crippen LogP contribution < -0.4 is 4.74 Å². The van der Waals surface area contributed by atoms with Crippen molar-refractivity contribution in [2.45, 2.75) is 56.4 Å². The summed E-state index contributed by atoms with van der Waals surface area (Å²) in [6, 6.07) is 13.2. The fourth-order valence-corrected chi connectivity index (χ4v) is 4.59. The van der Waals surface area contributed by atoms with E-state index in [0.717, 1.165) is 16.9 Å². The lowest BCUT2D eigenvalue weighted by atomic mass is 9.82.